The van der Waals surface area contributed by atoms with Gasteiger partial charge in [-0.1, -0.05) is 0 Å². The minimum Gasteiger partial charge on any atom is -0.349 e. The smallest absolute Gasteiger partial charge is 0.270 e. The Balaban J connectivity index is 1.74. The van der Waals surface area contributed by atoms with Crippen molar-refractivity contribution in [2.45, 2.75) is 40.7 Å². The van der Waals surface area contributed by atoms with E-state index in [1.165, 1.54) is 0 Å². The maximum absolute atomic E-state index is 12.4. The summed E-state index contributed by atoms with van der Waals surface area (Å²) in [4.78, 5) is 16.8. The number of hydrogen-bond donors (Lipinski definition) is 1. The van der Waals surface area contributed by atoms with Gasteiger partial charge in [0.2, 0.25) is 0 Å². The fourth-order valence-electron chi connectivity index (χ4n) is 2.87. The first-order chi connectivity index (χ1) is 11.3. The molecule has 0 unspecified atom stereocenters. The number of carbonyl (C=O) groups is 1. The maximum Gasteiger partial charge on any atom is 0.270 e. The lowest BCUT2D eigenvalue weighted by atomic mass is 10.3. The van der Waals surface area contributed by atoms with Crippen LogP contribution in [0.3, 0.4) is 0 Å². The lowest BCUT2D eigenvalue weighted by molar-refractivity contribution is 0.0942. The van der Waals surface area contributed by atoms with Crippen molar-refractivity contribution in [3.05, 3.63) is 46.7 Å². The predicted molar refractivity (Wildman–Crippen MR) is 91.2 cm³/mol. The highest BCUT2D eigenvalue weighted by Crippen LogP contribution is 2.11. The summed E-state index contributed by atoms with van der Waals surface area (Å²) in [6.07, 6.45) is 0. The molecule has 1 N–H and O–H groups in total. The number of carbonyl (C=O) groups excluding carboxylic acids is 1. The van der Waals surface area contributed by atoms with E-state index < -0.39 is 0 Å². The largest absolute Gasteiger partial charge is 0.349 e. The standard InChI is InChI=1S/C17H22N6O/c1-10-6-12(3)22(20-10)14(5)9-18-17(24)15-8-13(4)23-16(19-15)7-11(2)21-23/h6-8,14H,9H2,1-5H3,(H,18,24)/t14-/m1/s1. The third-order valence-corrected chi connectivity index (χ3v) is 3.98. The van der Waals surface area contributed by atoms with E-state index in [0.29, 0.717) is 17.9 Å². The number of fused-ring (bicyclic) bond motifs is 1. The highest BCUT2D eigenvalue weighted by Gasteiger charge is 2.14. The Morgan fingerprint density at radius 3 is 2.46 bits per heavy atom. The van der Waals surface area contributed by atoms with Crippen LogP contribution < -0.4 is 5.32 Å². The number of aromatic nitrogens is 5. The van der Waals surface area contributed by atoms with Crippen molar-refractivity contribution in [1.29, 1.82) is 0 Å². The van der Waals surface area contributed by atoms with Gasteiger partial charge in [0.1, 0.15) is 5.69 Å². The SMILES string of the molecule is Cc1cc(C)n([C@H](C)CNC(=O)c2cc(C)n3nc(C)cc3n2)n1. The van der Waals surface area contributed by atoms with Gasteiger partial charge in [-0.15, -0.1) is 0 Å². The summed E-state index contributed by atoms with van der Waals surface area (Å²) in [7, 11) is 0. The second-order valence-electron chi connectivity index (χ2n) is 6.27. The second-order valence-corrected chi connectivity index (χ2v) is 6.27. The zero-order valence-electron chi connectivity index (χ0n) is 14.7. The van der Waals surface area contributed by atoms with Crippen LogP contribution in [-0.4, -0.2) is 36.8 Å². The van der Waals surface area contributed by atoms with E-state index in [4.69, 9.17) is 0 Å². The summed E-state index contributed by atoms with van der Waals surface area (Å²) in [5.74, 6) is -0.187. The molecular formula is C17H22N6O. The molecule has 0 aliphatic carbocycles. The highest BCUT2D eigenvalue weighted by molar-refractivity contribution is 5.92. The van der Waals surface area contributed by atoms with E-state index in [1.54, 1.807) is 10.6 Å². The van der Waals surface area contributed by atoms with Crippen LogP contribution in [0.4, 0.5) is 0 Å². The van der Waals surface area contributed by atoms with Crippen molar-refractivity contribution in [2.24, 2.45) is 0 Å². The van der Waals surface area contributed by atoms with Gasteiger partial charge in [-0.2, -0.15) is 10.2 Å². The molecule has 1 amide bonds. The van der Waals surface area contributed by atoms with Gasteiger partial charge < -0.3 is 5.32 Å². The minimum atomic E-state index is -0.187. The lowest BCUT2D eigenvalue weighted by Crippen LogP contribution is -2.31. The van der Waals surface area contributed by atoms with Gasteiger partial charge in [0.25, 0.3) is 5.91 Å². The normalized spacial score (nSPS) is 12.5. The summed E-state index contributed by atoms with van der Waals surface area (Å²) < 4.78 is 3.67. The molecule has 0 saturated carbocycles. The van der Waals surface area contributed by atoms with Crippen LogP contribution in [0.1, 0.15) is 46.2 Å². The maximum atomic E-state index is 12.4. The Morgan fingerprint density at radius 2 is 1.79 bits per heavy atom. The van der Waals surface area contributed by atoms with Gasteiger partial charge in [-0.25, -0.2) is 9.50 Å². The molecule has 0 radical (unpaired) electrons. The molecule has 0 aromatic carbocycles. The number of rotatable bonds is 4. The molecule has 0 spiro atoms. The Hall–Kier alpha value is -2.70. The topological polar surface area (TPSA) is 77.1 Å². The average molecular weight is 326 g/mol. The van der Waals surface area contributed by atoms with Crippen LogP contribution in [0.2, 0.25) is 0 Å². The molecule has 3 heterocycles. The van der Waals surface area contributed by atoms with Gasteiger partial charge in [0.05, 0.1) is 17.4 Å². The van der Waals surface area contributed by atoms with E-state index in [1.807, 2.05) is 51.4 Å². The van der Waals surface area contributed by atoms with Crippen LogP contribution >= 0.6 is 0 Å². The van der Waals surface area contributed by atoms with E-state index in [9.17, 15) is 4.79 Å². The molecule has 7 heteroatoms. The zero-order valence-corrected chi connectivity index (χ0v) is 14.7. The number of nitrogens with one attached hydrogen (secondary N) is 1. The van der Waals surface area contributed by atoms with Crippen molar-refractivity contribution in [3.63, 3.8) is 0 Å². The monoisotopic (exact) mass is 326 g/mol. The predicted octanol–water partition coefficient (Wildman–Crippen LogP) is 2.15. The molecule has 0 fully saturated rings. The molecule has 3 aromatic heterocycles. The Kier molecular flexibility index (Phi) is 4.09. The molecule has 7 nitrogen and oxygen atoms in total. The molecule has 1 atom stereocenters. The van der Waals surface area contributed by atoms with Gasteiger partial charge in [0.15, 0.2) is 5.65 Å². The minimum absolute atomic E-state index is 0.0738. The molecule has 3 aromatic rings. The molecule has 24 heavy (non-hydrogen) atoms. The van der Waals surface area contributed by atoms with Crippen molar-refractivity contribution in [3.8, 4) is 0 Å². The van der Waals surface area contributed by atoms with Gasteiger partial charge in [-0.3, -0.25) is 9.48 Å². The molecule has 0 aliphatic heterocycles. The molecule has 3 rings (SSSR count). The molecule has 126 valence electrons. The third kappa shape index (κ3) is 3.02. The Labute approximate surface area is 140 Å². The number of aryl methyl sites for hydroxylation is 4. The van der Waals surface area contributed by atoms with Crippen LogP contribution in [0.25, 0.3) is 5.65 Å². The summed E-state index contributed by atoms with van der Waals surface area (Å²) >= 11 is 0. The summed E-state index contributed by atoms with van der Waals surface area (Å²) in [6, 6.07) is 5.72. The fraction of sp³-hybridized carbons (Fsp3) is 0.412. The lowest BCUT2D eigenvalue weighted by Gasteiger charge is -2.15. The van der Waals surface area contributed by atoms with Crippen LogP contribution in [-0.2, 0) is 0 Å². The van der Waals surface area contributed by atoms with Gasteiger partial charge in [-0.05, 0) is 46.8 Å². The molecular weight excluding hydrogens is 304 g/mol. The number of hydrogen-bond acceptors (Lipinski definition) is 4. The summed E-state index contributed by atoms with van der Waals surface area (Å²) in [5, 5.41) is 11.7. The number of amides is 1. The second kappa shape index (κ2) is 6.07. The first kappa shape index (κ1) is 16.2. The van der Waals surface area contributed by atoms with Crippen molar-refractivity contribution in [1.82, 2.24) is 29.7 Å². The van der Waals surface area contributed by atoms with Gasteiger partial charge >= 0.3 is 0 Å². The molecule has 0 saturated heterocycles. The third-order valence-electron chi connectivity index (χ3n) is 3.98. The van der Waals surface area contributed by atoms with E-state index in [0.717, 1.165) is 22.8 Å². The fourth-order valence-corrected chi connectivity index (χ4v) is 2.87. The van der Waals surface area contributed by atoms with Gasteiger partial charge in [0, 0.05) is 24.0 Å². The quantitative estimate of drug-likeness (QED) is 0.797. The molecule has 0 bridgehead atoms. The van der Waals surface area contributed by atoms with Crippen LogP contribution in [0, 0.1) is 27.7 Å². The van der Waals surface area contributed by atoms with Crippen LogP contribution in [0.15, 0.2) is 18.2 Å². The summed E-state index contributed by atoms with van der Waals surface area (Å²) in [5.41, 5.74) is 4.90. The van der Waals surface area contributed by atoms with Crippen molar-refractivity contribution >= 4 is 11.6 Å². The Morgan fingerprint density at radius 1 is 1.08 bits per heavy atom. The van der Waals surface area contributed by atoms with Crippen LogP contribution in [0.5, 0.6) is 0 Å². The van der Waals surface area contributed by atoms with Crippen molar-refractivity contribution < 1.29 is 4.79 Å². The Bertz CT molecular complexity index is 907. The first-order valence-corrected chi connectivity index (χ1v) is 8.00. The number of nitrogens with zero attached hydrogens (tertiary/aromatic N) is 5. The van der Waals surface area contributed by atoms with E-state index in [2.05, 4.69) is 20.5 Å². The molecule has 0 aliphatic rings. The summed E-state index contributed by atoms with van der Waals surface area (Å²) in [6.45, 7) is 10.3. The first-order valence-electron chi connectivity index (χ1n) is 8.00. The van der Waals surface area contributed by atoms with E-state index >= 15 is 0 Å². The zero-order chi connectivity index (χ0) is 17.4. The van der Waals surface area contributed by atoms with Crippen molar-refractivity contribution in [2.75, 3.05) is 6.54 Å². The average Bonchev–Trinajstić information content (AvgIpc) is 3.06. The van der Waals surface area contributed by atoms with E-state index in [-0.39, 0.29) is 11.9 Å². The highest BCUT2D eigenvalue weighted by atomic mass is 16.1.